The summed E-state index contributed by atoms with van der Waals surface area (Å²) in [5, 5.41) is 10.1. The number of hydrogen-bond donors (Lipinski definition) is 2. The number of benzene rings is 3. The Hall–Kier alpha value is -4.77. The van der Waals surface area contributed by atoms with Gasteiger partial charge in [-0.15, -0.1) is 0 Å². The zero-order valence-corrected chi connectivity index (χ0v) is 21.9. The standard InChI is InChI=1S/C30H25F3N4O4/c1-2-41-29(40)20-15-35-37(16-20)17-26(38)27-24-12-11-22(13-19(24)14-34-27)36-28(39)25-6-4-3-5-23(25)18-7-9-21(10-8-18)30(31,32)33/h3-13,15-16,27,34H,2,14,17H2,1H3,(H,36,39). The van der Waals surface area contributed by atoms with Gasteiger partial charge < -0.3 is 10.1 Å². The van der Waals surface area contributed by atoms with Crippen LogP contribution in [0.25, 0.3) is 11.1 Å². The third-order valence-electron chi connectivity index (χ3n) is 6.69. The number of halogens is 3. The number of nitrogens with zero attached hydrogens (tertiary/aromatic N) is 2. The quantitative estimate of drug-likeness (QED) is 0.279. The number of aromatic nitrogens is 2. The van der Waals surface area contributed by atoms with Crippen LogP contribution in [0.15, 0.2) is 79.1 Å². The predicted molar refractivity (Wildman–Crippen MR) is 144 cm³/mol. The molecule has 0 aliphatic carbocycles. The average molecular weight is 563 g/mol. The summed E-state index contributed by atoms with van der Waals surface area (Å²) in [7, 11) is 0. The van der Waals surface area contributed by atoms with Crippen LogP contribution in [0.4, 0.5) is 18.9 Å². The molecule has 2 heterocycles. The van der Waals surface area contributed by atoms with E-state index in [1.165, 1.54) is 29.2 Å². The highest BCUT2D eigenvalue weighted by Gasteiger charge is 2.31. The molecule has 1 aliphatic rings. The molecule has 0 radical (unpaired) electrons. The van der Waals surface area contributed by atoms with E-state index in [9.17, 15) is 27.6 Å². The summed E-state index contributed by atoms with van der Waals surface area (Å²) in [6.07, 6.45) is -1.63. The molecular formula is C30H25F3N4O4. The molecule has 1 aromatic heterocycles. The fourth-order valence-corrected chi connectivity index (χ4v) is 4.72. The predicted octanol–water partition coefficient (Wildman–Crippen LogP) is 5.41. The van der Waals surface area contributed by atoms with Crippen LogP contribution in [0.3, 0.4) is 0 Å². The first kappa shape index (κ1) is 27.8. The number of amides is 1. The Labute approximate surface area is 233 Å². The summed E-state index contributed by atoms with van der Waals surface area (Å²) in [6.45, 7) is 2.30. The second-order valence-electron chi connectivity index (χ2n) is 9.42. The molecule has 0 fully saturated rings. The topological polar surface area (TPSA) is 102 Å². The first-order valence-electron chi connectivity index (χ1n) is 12.8. The minimum Gasteiger partial charge on any atom is -0.462 e. The number of carbonyl (C=O) groups is 3. The maximum Gasteiger partial charge on any atom is 0.416 e. The van der Waals surface area contributed by atoms with Crippen LogP contribution in [0.1, 0.15) is 50.4 Å². The van der Waals surface area contributed by atoms with Gasteiger partial charge in [0.25, 0.3) is 5.91 Å². The van der Waals surface area contributed by atoms with Gasteiger partial charge in [-0.2, -0.15) is 18.3 Å². The van der Waals surface area contributed by atoms with Crippen molar-refractivity contribution in [2.45, 2.75) is 32.2 Å². The summed E-state index contributed by atoms with van der Waals surface area (Å²) < 4.78 is 45.3. The Bertz CT molecular complexity index is 1610. The lowest BCUT2D eigenvalue weighted by Crippen LogP contribution is -2.26. The van der Waals surface area contributed by atoms with Gasteiger partial charge in [-0.1, -0.05) is 36.4 Å². The number of alkyl halides is 3. The highest BCUT2D eigenvalue weighted by Crippen LogP contribution is 2.33. The SMILES string of the molecule is CCOC(=O)c1cnn(CC(=O)C2NCc3cc(NC(=O)c4ccccc4-c4ccc(C(F)(F)F)cc4)ccc32)c1. The van der Waals surface area contributed by atoms with Gasteiger partial charge in [0.15, 0.2) is 5.78 Å². The smallest absolute Gasteiger partial charge is 0.416 e. The molecule has 0 bridgehead atoms. The van der Waals surface area contributed by atoms with Crippen LogP contribution in [0.5, 0.6) is 0 Å². The molecule has 210 valence electrons. The number of ketones is 1. The van der Waals surface area contributed by atoms with Gasteiger partial charge in [0.2, 0.25) is 0 Å². The number of hydrogen-bond acceptors (Lipinski definition) is 6. The van der Waals surface area contributed by atoms with Gasteiger partial charge in [-0.25, -0.2) is 4.79 Å². The van der Waals surface area contributed by atoms with E-state index in [1.54, 1.807) is 49.4 Å². The average Bonchev–Trinajstić information content (AvgIpc) is 3.60. The number of carbonyl (C=O) groups excluding carboxylic acids is 3. The van der Waals surface area contributed by atoms with Crippen LogP contribution < -0.4 is 10.6 Å². The highest BCUT2D eigenvalue weighted by atomic mass is 19.4. The van der Waals surface area contributed by atoms with Crippen molar-refractivity contribution in [3.63, 3.8) is 0 Å². The molecule has 1 amide bonds. The van der Waals surface area contributed by atoms with Gasteiger partial charge >= 0.3 is 12.1 Å². The monoisotopic (exact) mass is 562 g/mol. The van der Waals surface area contributed by atoms with Crippen molar-refractivity contribution in [2.24, 2.45) is 0 Å². The lowest BCUT2D eigenvalue weighted by atomic mass is 9.97. The van der Waals surface area contributed by atoms with Crippen LogP contribution >= 0.6 is 0 Å². The van der Waals surface area contributed by atoms with Crippen molar-refractivity contribution in [1.82, 2.24) is 15.1 Å². The number of nitrogens with one attached hydrogen (secondary N) is 2. The zero-order chi connectivity index (χ0) is 29.1. The van der Waals surface area contributed by atoms with E-state index in [2.05, 4.69) is 15.7 Å². The molecule has 0 saturated heterocycles. The number of anilines is 1. The summed E-state index contributed by atoms with van der Waals surface area (Å²) >= 11 is 0. The van der Waals surface area contributed by atoms with E-state index in [-0.39, 0.29) is 24.5 Å². The Kier molecular flexibility index (Phi) is 7.71. The molecule has 0 saturated carbocycles. The molecule has 3 aromatic carbocycles. The molecule has 1 unspecified atom stereocenters. The zero-order valence-electron chi connectivity index (χ0n) is 21.9. The number of fused-ring (bicyclic) bond motifs is 1. The van der Waals surface area contributed by atoms with Crippen molar-refractivity contribution in [1.29, 1.82) is 0 Å². The number of esters is 1. The molecular weight excluding hydrogens is 537 g/mol. The molecule has 5 rings (SSSR count). The van der Waals surface area contributed by atoms with Crippen LogP contribution in [0, 0.1) is 0 Å². The Balaban J connectivity index is 1.28. The van der Waals surface area contributed by atoms with Gasteiger partial charge in [0.05, 0.1) is 30.0 Å². The molecule has 11 heteroatoms. The number of Topliss-reactive ketones (excluding diaryl/α,β-unsaturated/α-hetero) is 1. The largest absolute Gasteiger partial charge is 0.462 e. The third kappa shape index (κ3) is 6.04. The fraction of sp³-hybridized carbons (Fsp3) is 0.200. The fourth-order valence-electron chi connectivity index (χ4n) is 4.72. The number of rotatable bonds is 8. The Morgan fingerprint density at radius 3 is 2.56 bits per heavy atom. The lowest BCUT2D eigenvalue weighted by Gasteiger charge is -2.13. The minimum atomic E-state index is -4.45. The van der Waals surface area contributed by atoms with Crippen molar-refractivity contribution in [3.05, 3.63) is 107 Å². The second kappa shape index (κ2) is 11.4. The van der Waals surface area contributed by atoms with Gasteiger partial charge in [-0.3, -0.25) is 19.6 Å². The molecule has 41 heavy (non-hydrogen) atoms. The van der Waals surface area contributed by atoms with E-state index in [4.69, 9.17) is 4.74 Å². The van der Waals surface area contributed by atoms with Gasteiger partial charge in [0.1, 0.15) is 6.54 Å². The van der Waals surface area contributed by atoms with Crippen molar-refractivity contribution < 1.29 is 32.3 Å². The molecule has 4 aromatic rings. The molecule has 0 spiro atoms. The van der Waals surface area contributed by atoms with Crippen LogP contribution in [-0.2, 0) is 28.8 Å². The van der Waals surface area contributed by atoms with Crippen LogP contribution in [0.2, 0.25) is 0 Å². The van der Waals surface area contributed by atoms with E-state index in [0.717, 1.165) is 23.3 Å². The summed E-state index contributed by atoms with van der Waals surface area (Å²) in [5.41, 5.74) is 2.90. The van der Waals surface area contributed by atoms with E-state index in [0.29, 0.717) is 28.9 Å². The summed E-state index contributed by atoms with van der Waals surface area (Å²) in [5.74, 6) is -1.08. The van der Waals surface area contributed by atoms with E-state index >= 15 is 0 Å². The highest BCUT2D eigenvalue weighted by molar-refractivity contribution is 6.08. The minimum absolute atomic E-state index is 0.0459. The van der Waals surface area contributed by atoms with Crippen molar-refractivity contribution in [3.8, 4) is 11.1 Å². The second-order valence-corrected chi connectivity index (χ2v) is 9.42. The van der Waals surface area contributed by atoms with E-state index < -0.39 is 29.7 Å². The molecule has 1 atom stereocenters. The summed E-state index contributed by atoms with van der Waals surface area (Å²) in [6, 6.07) is 16.0. The maximum atomic E-state index is 13.2. The molecule has 8 nitrogen and oxygen atoms in total. The number of ether oxygens (including phenoxy) is 1. The van der Waals surface area contributed by atoms with Crippen molar-refractivity contribution in [2.75, 3.05) is 11.9 Å². The van der Waals surface area contributed by atoms with Gasteiger partial charge in [-0.05, 0) is 59.5 Å². The molecule has 1 aliphatic heterocycles. The summed E-state index contributed by atoms with van der Waals surface area (Å²) in [4.78, 5) is 38.1. The van der Waals surface area contributed by atoms with Crippen LogP contribution in [-0.4, -0.2) is 34.0 Å². The Morgan fingerprint density at radius 1 is 1.07 bits per heavy atom. The lowest BCUT2D eigenvalue weighted by molar-refractivity contribution is -0.137. The van der Waals surface area contributed by atoms with Gasteiger partial charge in [0, 0.05) is 24.0 Å². The first-order chi connectivity index (χ1) is 19.6. The third-order valence-corrected chi connectivity index (χ3v) is 6.69. The Morgan fingerprint density at radius 2 is 1.83 bits per heavy atom. The van der Waals surface area contributed by atoms with Crippen molar-refractivity contribution >= 4 is 23.3 Å². The molecule has 2 N–H and O–H groups in total. The van der Waals surface area contributed by atoms with E-state index in [1.807, 2.05) is 0 Å². The first-order valence-corrected chi connectivity index (χ1v) is 12.8. The maximum absolute atomic E-state index is 13.2. The normalized spacial score (nSPS) is 14.4.